The van der Waals surface area contributed by atoms with Gasteiger partial charge in [-0.2, -0.15) is 0 Å². The Kier molecular flexibility index (Phi) is 13.6. The van der Waals surface area contributed by atoms with E-state index in [1.54, 1.807) is 72.8 Å². The number of aliphatic hydroxyl groups is 1. The summed E-state index contributed by atoms with van der Waals surface area (Å²) in [6, 6.07) is 50.8. The van der Waals surface area contributed by atoms with Crippen LogP contribution in [0.4, 0.5) is 4.79 Å². The fourth-order valence-corrected chi connectivity index (χ4v) is 8.04. The Morgan fingerprint density at radius 3 is 1.71 bits per heavy atom. The third kappa shape index (κ3) is 9.78. The van der Waals surface area contributed by atoms with E-state index >= 15 is 0 Å². The van der Waals surface area contributed by atoms with E-state index in [1.807, 2.05) is 66.7 Å². The van der Waals surface area contributed by atoms with Gasteiger partial charge >= 0.3 is 20.8 Å². The van der Waals surface area contributed by atoms with Crippen molar-refractivity contribution in [2.75, 3.05) is 13.2 Å². The number of carbonyl (C=O) groups is 2. The smallest absolute Gasteiger partial charge is 0.449 e. The third-order valence-corrected chi connectivity index (χ3v) is 11.1. The molecule has 1 aliphatic rings. The lowest BCUT2D eigenvalue weighted by Crippen LogP contribution is -2.72. The van der Waals surface area contributed by atoms with Crippen LogP contribution in [0.1, 0.15) is 64.2 Å². The molecule has 6 aromatic rings. The summed E-state index contributed by atoms with van der Waals surface area (Å²) >= 11 is 0. The maximum Gasteiger partial charge on any atom is 0.501 e. The highest BCUT2D eigenvalue weighted by molar-refractivity contribution is 7.17. The van der Waals surface area contributed by atoms with Crippen LogP contribution < -0.4 is 14.8 Å². The molecule has 0 saturated heterocycles. The summed E-state index contributed by atoms with van der Waals surface area (Å²) in [4.78, 5) is 27.3. The molecule has 0 fully saturated rings. The first-order chi connectivity index (χ1) is 28.9. The summed E-state index contributed by atoms with van der Waals surface area (Å²) in [6.45, 7) is -0.778. The molecule has 1 amide bonds. The Bertz CT molecular complexity index is 2220. The predicted molar refractivity (Wildman–Crippen MR) is 228 cm³/mol. The van der Waals surface area contributed by atoms with Crippen molar-refractivity contribution >= 4 is 20.6 Å². The van der Waals surface area contributed by atoms with Gasteiger partial charge in [0.1, 0.15) is 18.1 Å². The van der Waals surface area contributed by atoms with Crippen LogP contribution in [-0.4, -0.2) is 41.7 Å². The van der Waals surface area contributed by atoms with Crippen LogP contribution in [0.25, 0.3) is 11.1 Å². The number of amides is 1. The second kappa shape index (κ2) is 19.6. The van der Waals surface area contributed by atoms with E-state index in [0.717, 1.165) is 47.1 Å². The Labute approximate surface area is 346 Å². The zero-order chi connectivity index (χ0) is 40.9. The molecule has 1 aliphatic carbocycles. The quantitative estimate of drug-likeness (QED) is 0.0339. The summed E-state index contributed by atoms with van der Waals surface area (Å²) in [5, 5.41) is 14.4. The van der Waals surface area contributed by atoms with Crippen LogP contribution in [0.3, 0.4) is 0 Å². The molecule has 59 heavy (non-hydrogen) atoms. The van der Waals surface area contributed by atoms with E-state index in [2.05, 4.69) is 29.6 Å². The topological polar surface area (TPSA) is 120 Å². The van der Waals surface area contributed by atoms with Gasteiger partial charge in [0.25, 0.3) is 0 Å². The Morgan fingerprint density at radius 1 is 0.627 bits per heavy atom. The number of nitrogens with one attached hydrogen (secondary N) is 1. The predicted octanol–water partition coefficient (Wildman–Crippen LogP) is 10.3. The van der Waals surface area contributed by atoms with Gasteiger partial charge in [-0.3, -0.25) is 4.79 Å². The number of hydrogen-bond acceptors (Lipinski definition) is 8. The Hall–Kier alpha value is -6.12. The number of ketones is 1. The van der Waals surface area contributed by atoms with Gasteiger partial charge in [0.05, 0.1) is 6.61 Å². The molecule has 300 valence electrons. The second-order valence-electron chi connectivity index (χ2n) is 14.6. The third-order valence-electron chi connectivity index (χ3n) is 10.8. The van der Waals surface area contributed by atoms with Crippen molar-refractivity contribution in [1.29, 1.82) is 0 Å². The van der Waals surface area contributed by atoms with Crippen LogP contribution in [0.2, 0.25) is 0 Å². The standard InChI is InChI=1S/C49H46NO8P/c51-35-48(49(58-59-54,56-39-19-6-2-7-20-39)57-40-21-8-3-9-22-40,50-47(53)55-34-45-43-25-13-11-23-41(43)42-24-12-14-26-44(42)45)33-32-37-28-30-38(31-29-37)46(52)27-15-10-18-36-16-4-1-5-17-36/h1-9,11-14,16-17,19-26,28-31,45,51,59H,10,15,18,27,32-35H2/p+1. The number of unbranched alkanes of at least 4 members (excludes halogenated alkanes) is 1. The van der Waals surface area contributed by atoms with Crippen LogP contribution >= 0.6 is 8.69 Å². The SMILES string of the molecule is O=[PH+]OC(Oc1ccccc1)(Oc1ccccc1)C(CO)(CCc1ccc(C(=O)CCCCc2ccccc2)cc1)NC(=O)OCC1c2ccccc2-c2ccccc21. The number of benzene rings is 6. The van der Waals surface area contributed by atoms with Crippen molar-refractivity contribution in [3.63, 3.8) is 0 Å². The molecule has 0 spiro atoms. The number of ether oxygens (including phenoxy) is 3. The average molecular weight is 809 g/mol. The lowest BCUT2D eigenvalue weighted by Gasteiger charge is -2.43. The van der Waals surface area contributed by atoms with Crippen molar-refractivity contribution in [2.24, 2.45) is 0 Å². The molecular formula is C49H47NO8P+. The van der Waals surface area contributed by atoms with Gasteiger partial charge in [0.15, 0.2) is 11.3 Å². The summed E-state index contributed by atoms with van der Waals surface area (Å²) in [5.41, 5.74) is 4.96. The van der Waals surface area contributed by atoms with Gasteiger partial charge in [-0.05, 0) is 94.3 Å². The van der Waals surface area contributed by atoms with E-state index in [4.69, 9.17) is 18.7 Å². The molecule has 0 aliphatic heterocycles. The van der Waals surface area contributed by atoms with Gasteiger partial charge in [-0.25, -0.2) is 4.79 Å². The highest BCUT2D eigenvalue weighted by Gasteiger charge is 2.63. The number of aliphatic hydroxyl groups excluding tert-OH is 1. The van der Waals surface area contributed by atoms with Gasteiger partial charge < -0.3 is 24.6 Å². The lowest BCUT2D eigenvalue weighted by atomic mass is 9.88. The second-order valence-corrected chi connectivity index (χ2v) is 14.9. The van der Waals surface area contributed by atoms with Gasteiger partial charge in [-0.1, -0.05) is 144 Å². The maximum absolute atomic E-state index is 14.1. The zero-order valence-electron chi connectivity index (χ0n) is 32.6. The maximum atomic E-state index is 14.1. The molecule has 0 aromatic heterocycles. The van der Waals surface area contributed by atoms with E-state index in [9.17, 15) is 19.3 Å². The minimum atomic E-state index is -2.38. The number of rotatable bonds is 20. The summed E-state index contributed by atoms with van der Waals surface area (Å²) < 4.78 is 37.5. The molecule has 2 N–H and O–H groups in total. The zero-order valence-corrected chi connectivity index (χ0v) is 33.6. The number of carbonyl (C=O) groups excluding carboxylic acids is 2. The number of aryl methyl sites for hydroxylation is 2. The van der Waals surface area contributed by atoms with Crippen LogP contribution in [0.5, 0.6) is 11.5 Å². The van der Waals surface area contributed by atoms with Crippen LogP contribution in [-0.2, 0) is 26.7 Å². The van der Waals surface area contributed by atoms with Crippen LogP contribution in [0, 0.1) is 0 Å². The van der Waals surface area contributed by atoms with Crippen molar-refractivity contribution in [2.45, 2.75) is 56.0 Å². The molecule has 0 bridgehead atoms. The van der Waals surface area contributed by atoms with E-state index in [0.29, 0.717) is 12.0 Å². The fourth-order valence-electron chi connectivity index (χ4n) is 7.65. The number of Topliss-reactive ketones (excluding diaryl/α,β-unsaturated/α-hetero) is 1. The van der Waals surface area contributed by atoms with E-state index < -0.39 is 32.9 Å². The van der Waals surface area contributed by atoms with Gasteiger partial charge in [0.2, 0.25) is 0 Å². The monoisotopic (exact) mass is 808 g/mol. The first-order valence-corrected chi connectivity index (χ1v) is 20.7. The van der Waals surface area contributed by atoms with Crippen molar-refractivity contribution in [1.82, 2.24) is 5.32 Å². The van der Waals surface area contributed by atoms with Gasteiger partial charge in [-0.15, -0.1) is 0 Å². The molecule has 2 atom stereocenters. The number of para-hydroxylation sites is 2. The summed E-state index contributed by atoms with van der Waals surface area (Å²) in [7, 11) is -1.43. The summed E-state index contributed by atoms with van der Waals surface area (Å²) in [6.07, 6.45) is 2.39. The highest BCUT2D eigenvalue weighted by Crippen LogP contribution is 2.45. The molecule has 2 unspecified atom stereocenters. The minimum absolute atomic E-state index is 0.000633. The van der Waals surface area contributed by atoms with Crippen molar-refractivity contribution < 1.29 is 38.0 Å². The van der Waals surface area contributed by atoms with Crippen molar-refractivity contribution in [3.05, 3.63) is 192 Å². The minimum Gasteiger partial charge on any atom is -0.449 e. The van der Waals surface area contributed by atoms with E-state index in [-0.39, 0.29) is 42.6 Å². The molecule has 9 nitrogen and oxygen atoms in total. The Balaban J connectivity index is 1.15. The first kappa shape index (κ1) is 41.1. The molecule has 0 heterocycles. The van der Waals surface area contributed by atoms with Gasteiger partial charge in [0, 0.05) is 17.9 Å². The fraction of sp³-hybridized carbons (Fsp3) is 0.224. The average Bonchev–Trinajstić information content (AvgIpc) is 3.60. The first-order valence-electron chi connectivity index (χ1n) is 19.9. The Morgan fingerprint density at radius 2 is 1.15 bits per heavy atom. The summed E-state index contributed by atoms with van der Waals surface area (Å²) in [5.74, 6) is -2.03. The lowest BCUT2D eigenvalue weighted by molar-refractivity contribution is -0.301. The number of hydrogen-bond donors (Lipinski definition) is 2. The van der Waals surface area contributed by atoms with Crippen LogP contribution in [0.15, 0.2) is 164 Å². The number of fused-ring (bicyclic) bond motifs is 3. The molecular weight excluding hydrogens is 762 g/mol. The molecule has 0 radical (unpaired) electrons. The number of alkyl carbamates (subject to hydrolysis) is 1. The largest absolute Gasteiger partial charge is 0.501 e. The molecule has 10 heteroatoms. The van der Waals surface area contributed by atoms with Crippen molar-refractivity contribution in [3.8, 4) is 22.6 Å². The molecule has 6 aromatic carbocycles. The van der Waals surface area contributed by atoms with E-state index in [1.165, 1.54) is 5.56 Å². The molecule has 7 rings (SSSR count). The normalized spacial score (nSPS) is 13.2. The highest BCUT2D eigenvalue weighted by atomic mass is 31.1. The molecule has 0 saturated carbocycles.